The highest BCUT2D eigenvalue weighted by molar-refractivity contribution is 9.10. The zero-order valence-electron chi connectivity index (χ0n) is 20.7. The Bertz CT molecular complexity index is 1630. The number of carbonyl (C=O) groups excluding carboxylic acids is 3. The highest BCUT2D eigenvalue weighted by atomic mass is 79.9. The molecule has 208 valence electrons. The lowest BCUT2D eigenvalue weighted by atomic mass is 9.98. The van der Waals surface area contributed by atoms with Crippen LogP contribution >= 0.6 is 15.9 Å². The van der Waals surface area contributed by atoms with Crippen LogP contribution in [0.25, 0.3) is 0 Å². The number of nitrogens with zero attached hydrogens (tertiary/aromatic N) is 6. The Morgan fingerprint density at radius 1 is 0.927 bits per heavy atom. The first kappa shape index (κ1) is 26.7. The molecule has 41 heavy (non-hydrogen) atoms. The maximum Gasteiger partial charge on any atom is 0.264 e. The first-order valence-corrected chi connectivity index (χ1v) is 13.0. The standard InChI is InChI=1S/C27H17BrF4N6O3/c28-15-8-6-13(7-9-15)18-11-19(14-4-2-1-3-5-14)38(34-18)20(39)12-36-25-23(33-35-36)26(40)37(27(25)41)24-21(31)16(29)10-17(30)22(24)32/h1-10,19,23,25H,11-12H2/t19-,23+,25-/m0/s1. The van der Waals surface area contributed by atoms with Crippen LogP contribution in [-0.4, -0.2) is 52.1 Å². The summed E-state index contributed by atoms with van der Waals surface area (Å²) in [6, 6.07) is 12.9. The van der Waals surface area contributed by atoms with Gasteiger partial charge in [-0.1, -0.05) is 63.6 Å². The molecule has 3 amide bonds. The average molecular weight is 629 g/mol. The molecule has 3 aliphatic rings. The first-order valence-electron chi connectivity index (χ1n) is 12.2. The van der Waals surface area contributed by atoms with Gasteiger partial charge in [-0.25, -0.2) is 27.5 Å². The molecule has 3 aromatic rings. The number of hydrogen-bond donors (Lipinski definition) is 0. The van der Waals surface area contributed by atoms with Crippen LogP contribution in [0.15, 0.2) is 80.6 Å². The molecular formula is C27H17BrF4N6O3. The molecular weight excluding hydrogens is 612 g/mol. The van der Waals surface area contributed by atoms with Gasteiger partial charge in [0, 0.05) is 17.0 Å². The summed E-state index contributed by atoms with van der Waals surface area (Å²) in [6.45, 7) is -0.569. The van der Waals surface area contributed by atoms with E-state index in [1.807, 2.05) is 54.6 Å². The van der Waals surface area contributed by atoms with Crippen molar-refractivity contribution in [3.8, 4) is 0 Å². The van der Waals surface area contributed by atoms with Gasteiger partial charge in [0.2, 0.25) is 0 Å². The Balaban J connectivity index is 1.28. The number of fused-ring (bicyclic) bond motifs is 1. The summed E-state index contributed by atoms with van der Waals surface area (Å²) in [7, 11) is 0. The number of imide groups is 1. The Labute approximate surface area is 237 Å². The molecule has 0 saturated carbocycles. The van der Waals surface area contributed by atoms with E-state index >= 15 is 0 Å². The van der Waals surface area contributed by atoms with Crippen LogP contribution in [0.4, 0.5) is 23.2 Å². The lowest BCUT2D eigenvalue weighted by molar-refractivity contribution is -0.135. The van der Waals surface area contributed by atoms with Crippen LogP contribution in [0.3, 0.4) is 0 Å². The highest BCUT2D eigenvalue weighted by Gasteiger charge is 2.57. The fraction of sp³-hybridized carbons (Fsp3) is 0.185. The molecule has 0 aromatic heterocycles. The van der Waals surface area contributed by atoms with Crippen LogP contribution in [0.5, 0.6) is 0 Å². The van der Waals surface area contributed by atoms with Crippen molar-refractivity contribution in [3.63, 3.8) is 0 Å². The molecule has 0 radical (unpaired) electrons. The van der Waals surface area contributed by atoms with Gasteiger partial charge in [-0.15, -0.1) is 0 Å². The van der Waals surface area contributed by atoms with Crippen molar-refractivity contribution in [1.29, 1.82) is 0 Å². The second-order valence-corrected chi connectivity index (χ2v) is 10.4. The number of benzene rings is 3. The van der Waals surface area contributed by atoms with Gasteiger partial charge in [0.05, 0.1) is 11.8 Å². The van der Waals surface area contributed by atoms with Crippen molar-refractivity contribution < 1.29 is 31.9 Å². The van der Waals surface area contributed by atoms with Crippen LogP contribution in [0.1, 0.15) is 23.6 Å². The predicted molar refractivity (Wildman–Crippen MR) is 139 cm³/mol. The van der Waals surface area contributed by atoms with Crippen LogP contribution < -0.4 is 4.90 Å². The van der Waals surface area contributed by atoms with Gasteiger partial charge in [0.15, 0.2) is 35.4 Å². The molecule has 9 nitrogen and oxygen atoms in total. The molecule has 0 aliphatic carbocycles. The number of anilines is 1. The van der Waals surface area contributed by atoms with Gasteiger partial charge in [-0.05, 0) is 23.3 Å². The summed E-state index contributed by atoms with van der Waals surface area (Å²) >= 11 is 3.39. The molecule has 0 unspecified atom stereocenters. The Morgan fingerprint density at radius 2 is 1.59 bits per heavy atom. The maximum absolute atomic E-state index is 14.5. The second kappa shape index (κ2) is 10.2. The number of carbonyl (C=O) groups is 3. The third-order valence-electron chi connectivity index (χ3n) is 7.00. The summed E-state index contributed by atoms with van der Waals surface area (Å²) in [5, 5.41) is 14.2. The normalized spacial score (nSPS) is 21.6. The monoisotopic (exact) mass is 628 g/mol. The molecule has 1 saturated heterocycles. The minimum Gasteiger partial charge on any atom is -0.271 e. The molecule has 14 heteroatoms. The second-order valence-electron chi connectivity index (χ2n) is 9.44. The van der Waals surface area contributed by atoms with E-state index in [-0.39, 0.29) is 11.0 Å². The van der Waals surface area contributed by atoms with Crippen molar-refractivity contribution >= 4 is 45.1 Å². The van der Waals surface area contributed by atoms with Crippen molar-refractivity contribution in [2.45, 2.75) is 24.5 Å². The molecule has 0 bridgehead atoms. The highest BCUT2D eigenvalue weighted by Crippen LogP contribution is 2.37. The van der Waals surface area contributed by atoms with Gasteiger partial charge in [0.25, 0.3) is 17.7 Å². The summed E-state index contributed by atoms with van der Waals surface area (Å²) in [5.41, 5.74) is 0.748. The minimum absolute atomic E-state index is 0.00817. The topological polar surface area (TPSA) is 98.0 Å². The molecule has 3 atom stereocenters. The van der Waals surface area contributed by atoms with E-state index in [1.54, 1.807) is 0 Å². The van der Waals surface area contributed by atoms with Gasteiger partial charge in [0.1, 0.15) is 12.2 Å². The third kappa shape index (κ3) is 4.47. The van der Waals surface area contributed by atoms with E-state index in [0.29, 0.717) is 12.1 Å². The quantitative estimate of drug-likeness (QED) is 0.233. The fourth-order valence-corrected chi connectivity index (χ4v) is 5.30. The van der Waals surface area contributed by atoms with Crippen LogP contribution in [0, 0.1) is 23.3 Å². The smallest absolute Gasteiger partial charge is 0.264 e. The van der Waals surface area contributed by atoms with Gasteiger partial charge in [-0.2, -0.15) is 10.2 Å². The summed E-state index contributed by atoms with van der Waals surface area (Å²) in [4.78, 5) is 39.7. The number of halogens is 5. The number of rotatable bonds is 5. The Kier molecular flexibility index (Phi) is 6.64. The third-order valence-corrected chi connectivity index (χ3v) is 7.52. The zero-order valence-corrected chi connectivity index (χ0v) is 22.3. The summed E-state index contributed by atoms with van der Waals surface area (Å²) < 4.78 is 57.5. The van der Waals surface area contributed by atoms with Crippen molar-refractivity contribution in [2.75, 3.05) is 11.4 Å². The number of hydrazone groups is 1. The SMILES string of the molecule is O=C1[C@@H]2[C@@H](N=NN2CC(=O)N2N=C(c3ccc(Br)cc3)C[C@H]2c2ccccc2)C(=O)N1c1c(F)c(F)cc(F)c1F. The number of hydrogen-bond acceptors (Lipinski definition) is 7. The van der Waals surface area contributed by atoms with E-state index < -0.39 is 71.3 Å². The number of amides is 3. The lowest BCUT2D eigenvalue weighted by Gasteiger charge is -2.25. The Morgan fingerprint density at radius 3 is 2.24 bits per heavy atom. The lowest BCUT2D eigenvalue weighted by Crippen LogP contribution is -2.45. The average Bonchev–Trinajstić information content (AvgIpc) is 3.65. The molecule has 3 heterocycles. The summed E-state index contributed by atoms with van der Waals surface area (Å²) in [5.74, 6) is -10.5. The van der Waals surface area contributed by atoms with Crippen molar-refractivity contribution in [3.05, 3.63) is 99.5 Å². The van der Waals surface area contributed by atoms with Gasteiger partial charge in [-0.3, -0.25) is 19.4 Å². The Hall–Kier alpha value is -4.46. The molecule has 1 fully saturated rings. The molecule has 0 N–H and O–H groups in total. The molecule has 6 rings (SSSR count). The van der Waals surface area contributed by atoms with E-state index in [1.165, 1.54) is 5.01 Å². The molecule has 0 spiro atoms. The molecule has 3 aromatic carbocycles. The van der Waals surface area contributed by atoms with Gasteiger partial charge < -0.3 is 0 Å². The van der Waals surface area contributed by atoms with Crippen LogP contribution in [0.2, 0.25) is 0 Å². The fourth-order valence-electron chi connectivity index (χ4n) is 5.03. The van der Waals surface area contributed by atoms with Crippen LogP contribution in [-0.2, 0) is 14.4 Å². The zero-order chi connectivity index (χ0) is 29.0. The van der Waals surface area contributed by atoms with Crippen molar-refractivity contribution in [2.24, 2.45) is 15.4 Å². The summed E-state index contributed by atoms with van der Waals surface area (Å²) in [6.07, 6.45) is 0.389. The van der Waals surface area contributed by atoms with E-state index in [2.05, 4.69) is 31.4 Å². The first-order chi connectivity index (χ1) is 19.7. The maximum atomic E-state index is 14.5. The minimum atomic E-state index is -1.91. The molecule has 3 aliphatic heterocycles. The van der Waals surface area contributed by atoms with Crippen molar-refractivity contribution in [1.82, 2.24) is 10.0 Å². The van der Waals surface area contributed by atoms with E-state index in [0.717, 1.165) is 20.6 Å². The predicted octanol–water partition coefficient (Wildman–Crippen LogP) is 4.68. The van der Waals surface area contributed by atoms with E-state index in [9.17, 15) is 31.9 Å². The largest absolute Gasteiger partial charge is 0.271 e. The van der Waals surface area contributed by atoms with Gasteiger partial charge >= 0.3 is 0 Å². The van der Waals surface area contributed by atoms with E-state index in [4.69, 9.17) is 0 Å².